The van der Waals surface area contributed by atoms with Crippen molar-refractivity contribution in [2.45, 2.75) is 25.8 Å². The van der Waals surface area contributed by atoms with Crippen molar-refractivity contribution in [3.8, 4) is 0 Å². The predicted octanol–water partition coefficient (Wildman–Crippen LogP) is 1.99. The van der Waals surface area contributed by atoms with Gasteiger partial charge in [-0.05, 0) is 27.9 Å². The Kier molecular flexibility index (Phi) is 5.65. The van der Waals surface area contributed by atoms with Gasteiger partial charge in [0, 0.05) is 19.1 Å². The average Bonchev–Trinajstić information content (AvgIpc) is 2.30. The van der Waals surface area contributed by atoms with Crippen LogP contribution in [0, 0.1) is 0 Å². The molecule has 0 amide bonds. The number of hydrogen-bond donors (Lipinski definition) is 0. The summed E-state index contributed by atoms with van der Waals surface area (Å²) in [4.78, 5) is 13.1. The molecular formula is C12H21ClN4. The van der Waals surface area contributed by atoms with Crippen LogP contribution in [-0.2, 0) is 5.88 Å². The molecule has 0 aliphatic carbocycles. The van der Waals surface area contributed by atoms with Crippen molar-refractivity contribution >= 4 is 17.4 Å². The van der Waals surface area contributed by atoms with Gasteiger partial charge < -0.3 is 9.80 Å². The fourth-order valence-corrected chi connectivity index (χ4v) is 2.03. The number of alkyl halides is 1. The first-order valence-corrected chi connectivity index (χ1v) is 6.40. The topological polar surface area (TPSA) is 32.3 Å². The molecule has 17 heavy (non-hydrogen) atoms. The highest BCUT2D eigenvalue weighted by atomic mass is 35.5. The van der Waals surface area contributed by atoms with Crippen molar-refractivity contribution in [3.05, 3.63) is 18.1 Å². The molecule has 96 valence electrons. The molecule has 0 radical (unpaired) electrons. The van der Waals surface area contributed by atoms with Crippen LogP contribution in [0.2, 0.25) is 0 Å². The largest absolute Gasteiger partial charge is 0.352 e. The van der Waals surface area contributed by atoms with E-state index in [1.165, 1.54) is 0 Å². The SMILES string of the molecule is CCN(c1cnc(CCl)cn1)C(C)CN(C)C. The zero-order valence-electron chi connectivity index (χ0n) is 11.0. The molecule has 1 aromatic rings. The van der Waals surface area contributed by atoms with E-state index in [1.54, 1.807) is 12.4 Å². The third-order valence-electron chi connectivity index (χ3n) is 2.62. The Morgan fingerprint density at radius 2 is 2.00 bits per heavy atom. The fourth-order valence-electron chi connectivity index (χ4n) is 1.89. The van der Waals surface area contributed by atoms with Gasteiger partial charge in [0.25, 0.3) is 0 Å². The minimum absolute atomic E-state index is 0.408. The molecule has 0 saturated heterocycles. The highest BCUT2D eigenvalue weighted by molar-refractivity contribution is 6.16. The molecule has 0 fully saturated rings. The smallest absolute Gasteiger partial charge is 0.147 e. The summed E-state index contributed by atoms with van der Waals surface area (Å²) in [5, 5.41) is 0. The highest BCUT2D eigenvalue weighted by Gasteiger charge is 2.14. The Labute approximate surface area is 109 Å². The number of halogens is 1. The molecule has 1 rings (SSSR count). The molecule has 1 heterocycles. The van der Waals surface area contributed by atoms with Crippen molar-refractivity contribution in [2.24, 2.45) is 0 Å². The van der Waals surface area contributed by atoms with Crippen molar-refractivity contribution in [3.63, 3.8) is 0 Å². The number of rotatable bonds is 6. The van der Waals surface area contributed by atoms with Crippen LogP contribution >= 0.6 is 11.6 Å². The quantitative estimate of drug-likeness (QED) is 0.729. The molecule has 0 spiro atoms. The summed E-state index contributed by atoms with van der Waals surface area (Å²) in [6.45, 7) is 6.24. The lowest BCUT2D eigenvalue weighted by Gasteiger charge is -2.30. The van der Waals surface area contributed by atoms with Crippen LogP contribution in [0.5, 0.6) is 0 Å². The minimum Gasteiger partial charge on any atom is -0.352 e. The van der Waals surface area contributed by atoms with Gasteiger partial charge in [0.15, 0.2) is 0 Å². The third-order valence-corrected chi connectivity index (χ3v) is 2.90. The molecule has 0 aromatic carbocycles. The van der Waals surface area contributed by atoms with Gasteiger partial charge in [-0.1, -0.05) is 0 Å². The zero-order chi connectivity index (χ0) is 12.8. The van der Waals surface area contributed by atoms with Gasteiger partial charge in [0.1, 0.15) is 5.82 Å². The van der Waals surface area contributed by atoms with Crippen LogP contribution in [0.4, 0.5) is 5.82 Å². The molecule has 0 aliphatic heterocycles. The first-order chi connectivity index (χ1) is 8.08. The molecule has 0 bridgehead atoms. The number of hydrogen-bond acceptors (Lipinski definition) is 4. The predicted molar refractivity (Wildman–Crippen MR) is 72.6 cm³/mol. The zero-order valence-corrected chi connectivity index (χ0v) is 11.8. The van der Waals surface area contributed by atoms with Crippen molar-refractivity contribution in [1.29, 1.82) is 0 Å². The van der Waals surface area contributed by atoms with Crippen molar-refractivity contribution in [1.82, 2.24) is 14.9 Å². The molecule has 1 unspecified atom stereocenters. The molecule has 0 aliphatic rings. The third kappa shape index (κ3) is 4.13. The van der Waals surface area contributed by atoms with Crippen LogP contribution in [0.1, 0.15) is 19.5 Å². The van der Waals surface area contributed by atoms with Gasteiger partial charge in [-0.3, -0.25) is 4.98 Å². The highest BCUT2D eigenvalue weighted by Crippen LogP contribution is 2.13. The molecule has 0 saturated carbocycles. The Morgan fingerprint density at radius 3 is 2.41 bits per heavy atom. The van der Waals surface area contributed by atoms with E-state index in [2.05, 4.69) is 47.7 Å². The van der Waals surface area contributed by atoms with E-state index in [4.69, 9.17) is 11.6 Å². The minimum atomic E-state index is 0.408. The number of aromatic nitrogens is 2. The second kappa shape index (κ2) is 6.77. The lowest BCUT2D eigenvalue weighted by molar-refractivity contribution is 0.372. The van der Waals surface area contributed by atoms with Gasteiger partial charge in [-0.25, -0.2) is 4.98 Å². The maximum absolute atomic E-state index is 5.70. The number of nitrogens with zero attached hydrogens (tertiary/aromatic N) is 4. The monoisotopic (exact) mass is 256 g/mol. The Hall–Kier alpha value is -0.870. The van der Waals surface area contributed by atoms with E-state index in [1.807, 2.05) is 0 Å². The molecule has 4 nitrogen and oxygen atoms in total. The normalized spacial score (nSPS) is 12.8. The standard InChI is InChI=1S/C12H21ClN4/c1-5-17(10(2)9-16(3)4)12-8-14-11(6-13)7-15-12/h7-8,10H,5-6,9H2,1-4H3. The number of anilines is 1. The fraction of sp³-hybridized carbons (Fsp3) is 0.667. The Bertz CT molecular complexity index is 326. The van der Waals surface area contributed by atoms with Gasteiger partial charge in [-0.2, -0.15) is 0 Å². The summed E-state index contributed by atoms with van der Waals surface area (Å²) in [6.07, 6.45) is 3.54. The first-order valence-electron chi connectivity index (χ1n) is 5.86. The maximum atomic E-state index is 5.70. The summed E-state index contributed by atoms with van der Waals surface area (Å²) in [5.41, 5.74) is 0.812. The van der Waals surface area contributed by atoms with Gasteiger partial charge >= 0.3 is 0 Å². The maximum Gasteiger partial charge on any atom is 0.147 e. The molecule has 1 atom stereocenters. The summed E-state index contributed by atoms with van der Waals surface area (Å²) < 4.78 is 0. The average molecular weight is 257 g/mol. The Morgan fingerprint density at radius 1 is 1.29 bits per heavy atom. The molecule has 5 heteroatoms. The van der Waals surface area contributed by atoms with Gasteiger partial charge in [-0.15, -0.1) is 11.6 Å². The van der Waals surface area contributed by atoms with E-state index >= 15 is 0 Å². The lowest BCUT2D eigenvalue weighted by Crippen LogP contribution is -2.40. The summed E-state index contributed by atoms with van der Waals surface area (Å²) in [5.74, 6) is 1.32. The van der Waals surface area contributed by atoms with Crippen molar-refractivity contribution < 1.29 is 0 Å². The van der Waals surface area contributed by atoms with E-state index in [0.29, 0.717) is 11.9 Å². The van der Waals surface area contributed by atoms with Crippen LogP contribution < -0.4 is 4.90 Å². The summed E-state index contributed by atoms with van der Waals surface area (Å²) >= 11 is 5.70. The van der Waals surface area contributed by atoms with E-state index < -0.39 is 0 Å². The van der Waals surface area contributed by atoms with E-state index in [9.17, 15) is 0 Å². The van der Waals surface area contributed by atoms with Crippen LogP contribution in [0.3, 0.4) is 0 Å². The van der Waals surface area contributed by atoms with Crippen molar-refractivity contribution in [2.75, 3.05) is 32.1 Å². The molecular weight excluding hydrogens is 236 g/mol. The van der Waals surface area contributed by atoms with E-state index in [0.717, 1.165) is 24.6 Å². The summed E-state index contributed by atoms with van der Waals surface area (Å²) in [6, 6.07) is 0.408. The first kappa shape index (κ1) is 14.2. The van der Waals surface area contributed by atoms with Gasteiger partial charge in [0.2, 0.25) is 0 Å². The molecule has 1 aromatic heterocycles. The second-order valence-corrected chi connectivity index (χ2v) is 4.66. The van der Waals surface area contributed by atoms with Crippen LogP contribution in [0.25, 0.3) is 0 Å². The lowest BCUT2D eigenvalue weighted by atomic mass is 10.2. The Balaban J connectivity index is 2.77. The van der Waals surface area contributed by atoms with Gasteiger partial charge in [0.05, 0.1) is 24.0 Å². The summed E-state index contributed by atoms with van der Waals surface area (Å²) in [7, 11) is 4.15. The molecule has 0 N–H and O–H groups in total. The van der Waals surface area contributed by atoms with E-state index in [-0.39, 0.29) is 0 Å². The van der Waals surface area contributed by atoms with Crippen LogP contribution in [-0.4, -0.2) is 48.1 Å². The number of likely N-dealkylation sites (N-methyl/N-ethyl adjacent to an activating group) is 2. The second-order valence-electron chi connectivity index (χ2n) is 4.40. The van der Waals surface area contributed by atoms with Crippen LogP contribution in [0.15, 0.2) is 12.4 Å².